The summed E-state index contributed by atoms with van der Waals surface area (Å²) in [5.74, 6) is -0.190. The summed E-state index contributed by atoms with van der Waals surface area (Å²) in [4.78, 5) is 4.66. The molecule has 0 aliphatic carbocycles. The number of nitrogens with two attached hydrogens (primary N) is 1. The Morgan fingerprint density at radius 2 is 2.15 bits per heavy atom. The topological polar surface area (TPSA) is 32.5 Å². The zero-order valence-electron chi connectivity index (χ0n) is 12.6. The third-order valence-electron chi connectivity index (χ3n) is 4.74. The highest BCUT2D eigenvalue weighted by atomic mass is 19.1. The predicted molar refractivity (Wildman–Crippen MR) is 82.6 cm³/mol. The van der Waals surface area contributed by atoms with Gasteiger partial charge < -0.3 is 15.5 Å². The average molecular weight is 279 g/mol. The molecule has 0 aromatic heterocycles. The Kier molecular flexibility index (Phi) is 5.00. The van der Waals surface area contributed by atoms with E-state index in [2.05, 4.69) is 16.7 Å². The first-order chi connectivity index (χ1) is 9.61. The maximum absolute atomic E-state index is 13.5. The van der Waals surface area contributed by atoms with Gasteiger partial charge in [-0.2, -0.15) is 0 Å². The van der Waals surface area contributed by atoms with Gasteiger partial charge in [0.25, 0.3) is 0 Å². The molecule has 1 atom stereocenters. The van der Waals surface area contributed by atoms with Crippen LogP contribution in [-0.4, -0.2) is 43.7 Å². The van der Waals surface area contributed by atoms with E-state index in [0.717, 1.165) is 44.6 Å². The van der Waals surface area contributed by atoms with Crippen LogP contribution in [0.3, 0.4) is 0 Å². The van der Waals surface area contributed by atoms with Crippen molar-refractivity contribution in [2.24, 2.45) is 5.73 Å². The standard InChI is InChI=1S/C16H26FN3/c1-3-20-10-5-8-16(13-18,9-11-20)19(2)15-7-4-6-14(17)12-15/h4,6-7,12H,3,5,8-11,13,18H2,1-2H3. The Balaban J connectivity index is 2.21. The Morgan fingerprint density at radius 3 is 2.80 bits per heavy atom. The van der Waals surface area contributed by atoms with Gasteiger partial charge in [0.1, 0.15) is 5.82 Å². The molecule has 0 amide bonds. The van der Waals surface area contributed by atoms with Gasteiger partial charge in [-0.05, 0) is 50.6 Å². The molecular formula is C16H26FN3. The summed E-state index contributed by atoms with van der Waals surface area (Å²) in [5.41, 5.74) is 6.98. The summed E-state index contributed by atoms with van der Waals surface area (Å²) >= 11 is 0. The van der Waals surface area contributed by atoms with E-state index in [4.69, 9.17) is 5.73 Å². The molecule has 1 saturated heterocycles. The van der Waals surface area contributed by atoms with Crippen molar-refractivity contribution in [3.8, 4) is 0 Å². The fourth-order valence-electron chi connectivity index (χ4n) is 3.19. The third kappa shape index (κ3) is 3.13. The lowest BCUT2D eigenvalue weighted by atomic mass is 9.88. The van der Waals surface area contributed by atoms with Crippen molar-refractivity contribution >= 4 is 5.69 Å². The molecule has 0 bridgehead atoms. The van der Waals surface area contributed by atoms with Crippen molar-refractivity contribution < 1.29 is 4.39 Å². The Morgan fingerprint density at radius 1 is 1.35 bits per heavy atom. The van der Waals surface area contributed by atoms with E-state index in [0.29, 0.717) is 6.54 Å². The highest BCUT2D eigenvalue weighted by molar-refractivity contribution is 5.48. The maximum atomic E-state index is 13.5. The second-order valence-electron chi connectivity index (χ2n) is 5.76. The lowest BCUT2D eigenvalue weighted by Crippen LogP contribution is -2.53. The first-order valence-corrected chi connectivity index (χ1v) is 7.53. The normalized spacial score (nSPS) is 24.4. The van der Waals surface area contributed by atoms with Crippen LogP contribution in [0.1, 0.15) is 26.2 Å². The summed E-state index contributed by atoms with van der Waals surface area (Å²) in [5, 5.41) is 0. The van der Waals surface area contributed by atoms with Gasteiger partial charge in [0.15, 0.2) is 0 Å². The smallest absolute Gasteiger partial charge is 0.125 e. The summed E-state index contributed by atoms with van der Waals surface area (Å²) in [6.45, 7) is 6.09. The molecule has 4 heteroatoms. The summed E-state index contributed by atoms with van der Waals surface area (Å²) in [6, 6.07) is 6.81. The number of hydrogen-bond acceptors (Lipinski definition) is 3. The number of rotatable bonds is 4. The number of likely N-dealkylation sites (N-methyl/N-ethyl adjacent to an activating group) is 1. The number of hydrogen-bond donors (Lipinski definition) is 1. The van der Waals surface area contributed by atoms with E-state index in [1.807, 2.05) is 13.1 Å². The number of benzene rings is 1. The minimum Gasteiger partial charge on any atom is -0.368 e. The van der Waals surface area contributed by atoms with Crippen LogP contribution in [0.15, 0.2) is 24.3 Å². The van der Waals surface area contributed by atoms with E-state index in [1.54, 1.807) is 12.1 Å². The predicted octanol–water partition coefficient (Wildman–Crippen LogP) is 2.47. The first kappa shape index (κ1) is 15.3. The van der Waals surface area contributed by atoms with Gasteiger partial charge in [0.05, 0.1) is 5.54 Å². The molecule has 1 aliphatic rings. The number of likely N-dealkylation sites (tertiary alicyclic amines) is 1. The molecule has 2 rings (SSSR count). The van der Waals surface area contributed by atoms with E-state index in [1.165, 1.54) is 6.07 Å². The van der Waals surface area contributed by atoms with Gasteiger partial charge in [-0.25, -0.2) is 4.39 Å². The molecule has 0 radical (unpaired) electrons. The molecule has 0 saturated carbocycles. The lowest BCUT2D eigenvalue weighted by Gasteiger charge is -2.42. The van der Waals surface area contributed by atoms with Crippen molar-refractivity contribution in [1.82, 2.24) is 4.90 Å². The highest BCUT2D eigenvalue weighted by Gasteiger charge is 2.35. The van der Waals surface area contributed by atoms with Crippen LogP contribution >= 0.6 is 0 Å². The second-order valence-corrected chi connectivity index (χ2v) is 5.76. The van der Waals surface area contributed by atoms with Crippen molar-refractivity contribution in [2.45, 2.75) is 31.7 Å². The average Bonchev–Trinajstić information content (AvgIpc) is 2.69. The Labute approximate surface area is 121 Å². The van der Waals surface area contributed by atoms with E-state index >= 15 is 0 Å². The van der Waals surface area contributed by atoms with Crippen molar-refractivity contribution in [3.63, 3.8) is 0 Å². The lowest BCUT2D eigenvalue weighted by molar-refractivity contribution is 0.287. The molecule has 1 unspecified atom stereocenters. The zero-order valence-corrected chi connectivity index (χ0v) is 12.6. The summed E-state index contributed by atoms with van der Waals surface area (Å²) < 4.78 is 13.5. The monoisotopic (exact) mass is 279 g/mol. The quantitative estimate of drug-likeness (QED) is 0.919. The van der Waals surface area contributed by atoms with Gasteiger partial charge >= 0.3 is 0 Å². The fraction of sp³-hybridized carbons (Fsp3) is 0.625. The van der Waals surface area contributed by atoms with Crippen LogP contribution in [0, 0.1) is 5.82 Å². The molecule has 1 aliphatic heterocycles. The van der Waals surface area contributed by atoms with Crippen molar-refractivity contribution in [2.75, 3.05) is 38.1 Å². The van der Waals surface area contributed by atoms with Crippen molar-refractivity contribution in [3.05, 3.63) is 30.1 Å². The van der Waals surface area contributed by atoms with Gasteiger partial charge in [-0.1, -0.05) is 13.0 Å². The van der Waals surface area contributed by atoms with Crippen LogP contribution in [0.25, 0.3) is 0 Å². The van der Waals surface area contributed by atoms with Gasteiger partial charge in [0.2, 0.25) is 0 Å². The number of nitrogens with zero attached hydrogens (tertiary/aromatic N) is 2. The number of anilines is 1. The van der Waals surface area contributed by atoms with Crippen LogP contribution < -0.4 is 10.6 Å². The molecule has 2 N–H and O–H groups in total. The maximum Gasteiger partial charge on any atom is 0.125 e. The molecule has 1 fully saturated rings. The molecule has 1 heterocycles. The largest absolute Gasteiger partial charge is 0.368 e. The molecule has 0 spiro atoms. The molecular weight excluding hydrogens is 253 g/mol. The van der Waals surface area contributed by atoms with Gasteiger partial charge in [-0.3, -0.25) is 0 Å². The zero-order chi connectivity index (χ0) is 14.6. The fourth-order valence-corrected chi connectivity index (χ4v) is 3.19. The molecule has 3 nitrogen and oxygen atoms in total. The van der Waals surface area contributed by atoms with E-state index < -0.39 is 0 Å². The van der Waals surface area contributed by atoms with E-state index in [-0.39, 0.29) is 11.4 Å². The minimum absolute atomic E-state index is 0.0578. The molecule has 1 aromatic rings. The molecule has 20 heavy (non-hydrogen) atoms. The first-order valence-electron chi connectivity index (χ1n) is 7.53. The summed E-state index contributed by atoms with van der Waals surface area (Å²) in [7, 11) is 2.04. The van der Waals surface area contributed by atoms with Gasteiger partial charge in [0, 0.05) is 25.8 Å². The van der Waals surface area contributed by atoms with Crippen LogP contribution in [0.4, 0.5) is 10.1 Å². The van der Waals surface area contributed by atoms with Crippen molar-refractivity contribution in [1.29, 1.82) is 0 Å². The SMILES string of the molecule is CCN1CCCC(CN)(N(C)c2cccc(F)c2)CC1. The molecule has 1 aromatic carbocycles. The summed E-state index contributed by atoms with van der Waals surface area (Å²) in [6.07, 6.45) is 3.24. The minimum atomic E-state index is -0.190. The van der Waals surface area contributed by atoms with Gasteiger partial charge in [-0.15, -0.1) is 0 Å². The van der Waals surface area contributed by atoms with Crippen LogP contribution in [0.2, 0.25) is 0 Å². The number of halogens is 1. The Hall–Kier alpha value is -1.13. The van der Waals surface area contributed by atoms with E-state index in [9.17, 15) is 4.39 Å². The Bertz CT molecular complexity index is 437. The third-order valence-corrected chi connectivity index (χ3v) is 4.74. The van der Waals surface area contributed by atoms with Crippen LogP contribution in [0.5, 0.6) is 0 Å². The molecule has 112 valence electrons. The highest BCUT2D eigenvalue weighted by Crippen LogP contribution is 2.31. The van der Waals surface area contributed by atoms with Crippen LogP contribution in [-0.2, 0) is 0 Å². The second kappa shape index (κ2) is 6.55.